The van der Waals surface area contributed by atoms with Gasteiger partial charge in [0, 0.05) is 25.7 Å². The highest BCUT2D eigenvalue weighted by atomic mass is 31.2. The summed E-state index contributed by atoms with van der Waals surface area (Å²) in [7, 11) is -9.93. The van der Waals surface area contributed by atoms with Gasteiger partial charge in [-0.2, -0.15) is 0 Å². The molecule has 0 saturated heterocycles. The first-order chi connectivity index (χ1) is 46.7. The highest BCUT2D eigenvalue weighted by Crippen LogP contribution is 2.45. The van der Waals surface area contributed by atoms with Crippen molar-refractivity contribution in [3.05, 3.63) is 60.8 Å². The number of rotatable bonds is 73. The smallest absolute Gasteiger partial charge is 0.462 e. The highest BCUT2D eigenvalue weighted by Gasteiger charge is 2.30. The number of aliphatic hydroxyl groups is 1. The molecule has 0 fully saturated rings. The average Bonchev–Trinajstić information content (AvgIpc) is 1.11. The minimum atomic E-state index is -4.97. The van der Waals surface area contributed by atoms with E-state index in [4.69, 9.17) is 37.0 Å². The van der Waals surface area contributed by atoms with E-state index in [9.17, 15) is 43.2 Å². The SMILES string of the molecule is CC/C=C\C/C=C\C/C=C\C/C=C\C/C=C\CCCCCC(=O)OCC(COP(=O)(O)OCC(O)COP(=O)(O)OCC(COC(=O)CCCCCCCCCCCCCCC)OC(=O)CCCCCCCCCCCCCCC)OC(=O)CCCCCCCCCCCCC. The van der Waals surface area contributed by atoms with Crippen LogP contribution in [0.5, 0.6) is 0 Å². The molecule has 5 atom stereocenters. The van der Waals surface area contributed by atoms with Gasteiger partial charge in [0.2, 0.25) is 0 Å². The lowest BCUT2D eigenvalue weighted by Gasteiger charge is -2.21. The molecule has 0 bridgehead atoms. The number of aliphatic hydroxyl groups excluding tert-OH is 1. The average molecular weight is 1400 g/mol. The summed E-state index contributed by atoms with van der Waals surface area (Å²) in [6.45, 7) is 4.77. The third-order valence-electron chi connectivity index (χ3n) is 16.5. The molecular formula is C77H140O17P2. The Morgan fingerprint density at radius 2 is 0.542 bits per heavy atom. The number of allylic oxidation sites excluding steroid dienone is 10. The Labute approximate surface area is 584 Å². The Kier molecular flexibility index (Phi) is 67.8. The monoisotopic (exact) mass is 1400 g/mol. The van der Waals surface area contributed by atoms with E-state index in [0.29, 0.717) is 25.7 Å². The second-order valence-corrected chi connectivity index (χ2v) is 28.8. The van der Waals surface area contributed by atoms with Crippen LogP contribution < -0.4 is 0 Å². The molecule has 0 aliphatic carbocycles. The van der Waals surface area contributed by atoms with E-state index in [1.165, 1.54) is 148 Å². The molecule has 0 heterocycles. The maximum absolute atomic E-state index is 13.1. The Hall–Kier alpha value is -3.24. The maximum atomic E-state index is 13.1. The van der Waals surface area contributed by atoms with E-state index in [1.54, 1.807) is 0 Å². The quantitative estimate of drug-likeness (QED) is 0.0169. The van der Waals surface area contributed by atoms with Crippen LogP contribution in [0.2, 0.25) is 0 Å². The molecule has 17 nitrogen and oxygen atoms in total. The first kappa shape index (κ1) is 92.8. The van der Waals surface area contributed by atoms with E-state index >= 15 is 0 Å². The predicted octanol–water partition coefficient (Wildman–Crippen LogP) is 21.9. The predicted molar refractivity (Wildman–Crippen MR) is 390 cm³/mol. The minimum Gasteiger partial charge on any atom is -0.462 e. The Morgan fingerprint density at radius 3 is 0.833 bits per heavy atom. The van der Waals surface area contributed by atoms with Crippen molar-refractivity contribution < 1.29 is 80.2 Å². The van der Waals surface area contributed by atoms with E-state index in [0.717, 1.165) is 122 Å². The Morgan fingerprint density at radius 1 is 0.302 bits per heavy atom. The van der Waals surface area contributed by atoms with Gasteiger partial charge >= 0.3 is 39.5 Å². The molecule has 0 aromatic rings. The number of carbonyl (C=O) groups is 4. The van der Waals surface area contributed by atoms with Gasteiger partial charge in [0.05, 0.1) is 26.4 Å². The molecule has 0 rings (SSSR count). The van der Waals surface area contributed by atoms with Gasteiger partial charge in [-0.05, 0) is 70.6 Å². The van der Waals surface area contributed by atoms with Crippen molar-refractivity contribution >= 4 is 39.5 Å². The van der Waals surface area contributed by atoms with Crippen LogP contribution in [-0.4, -0.2) is 96.7 Å². The number of phosphoric ester groups is 2. The fourth-order valence-electron chi connectivity index (χ4n) is 10.7. The van der Waals surface area contributed by atoms with Crippen molar-refractivity contribution in [2.24, 2.45) is 0 Å². The molecule has 0 aromatic heterocycles. The number of hydrogen-bond acceptors (Lipinski definition) is 15. The number of carbonyl (C=O) groups excluding carboxylic acids is 4. The second-order valence-electron chi connectivity index (χ2n) is 25.9. The van der Waals surface area contributed by atoms with Gasteiger partial charge in [-0.25, -0.2) is 9.13 Å². The fourth-order valence-corrected chi connectivity index (χ4v) is 12.2. The summed E-state index contributed by atoms with van der Waals surface area (Å²) in [6.07, 6.45) is 67.8. The second kappa shape index (κ2) is 70.2. The van der Waals surface area contributed by atoms with Gasteiger partial charge < -0.3 is 33.8 Å². The number of unbranched alkanes of at least 4 members (excludes halogenated alkanes) is 37. The molecule has 0 aliphatic rings. The molecule has 3 N–H and O–H groups in total. The summed E-state index contributed by atoms with van der Waals surface area (Å²) in [5, 5.41) is 10.6. The third kappa shape index (κ3) is 69.2. The Balaban J connectivity index is 5.29. The van der Waals surface area contributed by atoms with Crippen LogP contribution in [0, 0.1) is 0 Å². The van der Waals surface area contributed by atoms with Gasteiger partial charge in [0.1, 0.15) is 19.3 Å². The molecule has 0 aliphatic heterocycles. The molecule has 0 amide bonds. The van der Waals surface area contributed by atoms with Gasteiger partial charge in [-0.3, -0.25) is 37.3 Å². The molecule has 0 aromatic carbocycles. The molecule has 5 unspecified atom stereocenters. The van der Waals surface area contributed by atoms with Crippen molar-refractivity contribution in [2.45, 2.75) is 367 Å². The summed E-state index contributed by atoms with van der Waals surface area (Å²) in [5.41, 5.74) is 0. The third-order valence-corrected chi connectivity index (χ3v) is 18.4. The lowest BCUT2D eigenvalue weighted by atomic mass is 10.0. The number of phosphoric acid groups is 2. The van der Waals surface area contributed by atoms with E-state index in [1.807, 2.05) is 0 Å². The summed E-state index contributed by atoms with van der Waals surface area (Å²) >= 11 is 0. The van der Waals surface area contributed by atoms with Crippen LogP contribution >= 0.6 is 15.6 Å². The van der Waals surface area contributed by atoms with Gasteiger partial charge in [0.25, 0.3) is 0 Å². The maximum Gasteiger partial charge on any atom is 0.472 e. The van der Waals surface area contributed by atoms with Crippen molar-refractivity contribution in [3.63, 3.8) is 0 Å². The lowest BCUT2D eigenvalue weighted by Crippen LogP contribution is -2.30. The van der Waals surface area contributed by atoms with Crippen molar-refractivity contribution in [3.8, 4) is 0 Å². The summed E-state index contributed by atoms with van der Waals surface area (Å²) in [4.78, 5) is 72.8. The largest absolute Gasteiger partial charge is 0.472 e. The van der Waals surface area contributed by atoms with Gasteiger partial charge in [-0.15, -0.1) is 0 Å². The topological polar surface area (TPSA) is 237 Å². The minimum absolute atomic E-state index is 0.0929. The normalized spacial score (nSPS) is 14.3. The zero-order chi connectivity index (χ0) is 70.4. The van der Waals surface area contributed by atoms with Crippen LogP contribution in [0.25, 0.3) is 0 Å². The van der Waals surface area contributed by atoms with Crippen LogP contribution in [0.3, 0.4) is 0 Å². The summed E-state index contributed by atoms with van der Waals surface area (Å²) in [5.74, 6) is -2.18. The standard InChI is InChI=1S/C77H140O17P2/c1-5-9-13-17-21-25-29-32-33-34-35-36-37-40-43-46-50-54-58-62-75(80)88-67-72(93-76(81)63-59-55-51-47-41-28-24-20-16-12-8-4)69-91-95(83,84)89-65-71(78)66-90-96(85,86)92-70-73(94-77(82)64-60-56-52-48-44-39-31-27-23-19-15-11-7-3)68-87-74(79)61-57-53-49-45-42-38-30-26-22-18-14-10-6-2/h9,13,21,25,32-33,35-36,40,43,71-73,78H,5-8,10-12,14-20,22-24,26-31,34,37-39,41-42,44-70H2,1-4H3,(H,83,84)(H,85,86)/b13-9-,25-21-,33-32-,36-35-,43-40-. The number of hydrogen-bond donors (Lipinski definition) is 3. The molecule has 0 radical (unpaired) electrons. The van der Waals surface area contributed by atoms with E-state index in [-0.39, 0.29) is 25.7 Å². The molecule has 0 spiro atoms. The van der Waals surface area contributed by atoms with E-state index in [2.05, 4.69) is 88.5 Å². The summed E-state index contributed by atoms with van der Waals surface area (Å²) < 4.78 is 68.4. The fraction of sp³-hybridized carbons (Fsp3) is 0.818. The highest BCUT2D eigenvalue weighted by molar-refractivity contribution is 7.47. The van der Waals surface area contributed by atoms with Crippen molar-refractivity contribution in [1.82, 2.24) is 0 Å². The van der Waals surface area contributed by atoms with Crippen LogP contribution in [0.1, 0.15) is 349 Å². The molecular weight excluding hydrogens is 1260 g/mol. The Bertz CT molecular complexity index is 2060. The van der Waals surface area contributed by atoms with Gasteiger partial charge in [0.15, 0.2) is 12.2 Å². The van der Waals surface area contributed by atoms with Crippen molar-refractivity contribution in [1.29, 1.82) is 0 Å². The van der Waals surface area contributed by atoms with E-state index < -0.39 is 97.5 Å². The van der Waals surface area contributed by atoms with Crippen LogP contribution in [-0.2, 0) is 65.4 Å². The first-order valence-electron chi connectivity index (χ1n) is 38.5. The zero-order valence-corrected chi connectivity index (χ0v) is 62.8. The first-order valence-corrected chi connectivity index (χ1v) is 41.5. The molecule has 560 valence electrons. The number of ether oxygens (including phenoxy) is 4. The molecule has 19 heteroatoms. The van der Waals surface area contributed by atoms with Crippen LogP contribution in [0.15, 0.2) is 60.8 Å². The zero-order valence-electron chi connectivity index (χ0n) is 61.1. The number of esters is 4. The molecule has 0 saturated carbocycles. The van der Waals surface area contributed by atoms with Crippen LogP contribution in [0.4, 0.5) is 0 Å². The van der Waals surface area contributed by atoms with Crippen molar-refractivity contribution in [2.75, 3.05) is 39.6 Å². The lowest BCUT2D eigenvalue weighted by molar-refractivity contribution is -0.161. The van der Waals surface area contributed by atoms with Gasteiger partial charge in [-0.1, -0.05) is 313 Å². The summed E-state index contributed by atoms with van der Waals surface area (Å²) in [6, 6.07) is 0. The molecule has 96 heavy (non-hydrogen) atoms.